The lowest BCUT2D eigenvalue weighted by Gasteiger charge is -2.08. The van der Waals surface area contributed by atoms with Gasteiger partial charge in [-0.1, -0.05) is 11.8 Å². The van der Waals surface area contributed by atoms with Crippen molar-refractivity contribution in [1.82, 2.24) is 5.32 Å². The zero-order valence-corrected chi connectivity index (χ0v) is 11.5. The maximum atomic E-state index is 10.8. The summed E-state index contributed by atoms with van der Waals surface area (Å²) in [6, 6.07) is 4.15. The molecule has 106 valence electrons. The highest BCUT2D eigenvalue weighted by Crippen LogP contribution is 2.30. The summed E-state index contributed by atoms with van der Waals surface area (Å²) in [5, 5.41) is 33.8. The average Bonchev–Trinajstić information content (AvgIpc) is 2.45. The molecule has 0 amide bonds. The third-order valence-electron chi connectivity index (χ3n) is 2.20. The Morgan fingerprint density at radius 2 is 2.40 bits per heavy atom. The van der Waals surface area contributed by atoms with Crippen LogP contribution in [0.15, 0.2) is 23.2 Å². The van der Waals surface area contributed by atoms with Crippen molar-refractivity contribution in [2.24, 2.45) is 4.99 Å². The van der Waals surface area contributed by atoms with E-state index in [1.807, 2.05) is 0 Å². The van der Waals surface area contributed by atoms with Gasteiger partial charge in [-0.15, -0.1) is 0 Å². The van der Waals surface area contributed by atoms with Crippen LogP contribution in [-0.2, 0) is 0 Å². The molecule has 3 N–H and O–H groups in total. The average molecular weight is 295 g/mol. The second-order valence-corrected chi connectivity index (χ2v) is 4.26. The molecule has 1 rings (SSSR count). The quantitative estimate of drug-likeness (QED) is 0.187. The molecule has 0 aliphatic rings. The fraction of sp³-hybridized carbons (Fsp3) is 0.273. The van der Waals surface area contributed by atoms with Crippen molar-refractivity contribution in [2.45, 2.75) is 0 Å². The summed E-state index contributed by atoms with van der Waals surface area (Å²) in [6.45, 7) is 0.215. The summed E-state index contributed by atoms with van der Waals surface area (Å²) in [5.41, 5.74) is 0.756. The Balaban J connectivity index is 3.19. The topological polar surface area (TPSA) is 124 Å². The molecule has 0 aromatic heterocycles. The van der Waals surface area contributed by atoms with E-state index in [1.165, 1.54) is 30.0 Å². The number of aliphatic imine (C=N–C) groups is 1. The first-order valence-electron chi connectivity index (χ1n) is 5.53. The maximum absolute atomic E-state index is 10.8. The van der Waals surface area contributed by atoms with Crippen molar-refractivity contribution in [1.29, 1.82) is 5.26 Å². The number of nitro groups is 1. The van der Waals surface area contributed by atoms with E-state index < -0.39 is 4.92 Å². The number of non-ortho nitro benzene ring substituents is 1. The zero-order chi connectivity index (χ0) is 15.0. The molecule has 0 radical (unpaired) electrons. The number of rotatable bonds is 5. The van der Waals surface area contributed by atoms with Crippen molar-refractivity contribution in [3.05, 3.63) is 28.3 Å². The second-order valence-electron chi connectivity index (χ2n) is 3.47. The van der Waals surface area contributed by atoms with E-state index >= 15 is 0 Å². The van der Waals surface area contributed by atoms with E-state index in [9.17, 15) is 10.1 Å². The molecule has 0 saturated carbocycles. The number of hydrogen-bond donors (Lipinski definition) is 3. The smallest absolute Gasteiger partial charge is 0.271 e. The highest BCUT2D eigenvalue weighted by Gasteiger charge is 2.11. The fourth-order valence-corrected chi connectivity index (χ4v) is 1.69. The summed E-state index contributed by atoms with van der Waals surface area (Å²) in [6.07, 6.45) is 3.47. The van der Waals surface area contributed by atoms with Crippen LogP contribution in [0, 0.1) is 21.6 Å². The number of thioether (sulfide) groups is 1. The molecule has 0 unspecified atom stereocenters. The van der Waals surface area contributed by atoms with Crippen LogP contribution in [0.5, 0.6) is 0 Å². The number of aliphatic hydroxyl groups excluding tert-OH is 1. The molecule has 20 heavy (non-hydrogen) atoms. The number of nitro benzene ring substituents is 1. The number of nitrogens with one attached hydrogen (secondary N) is 2. The number of nitrogens with zero attached hydrogens (tertiary/aromatic N) is 3. The monoisotopic (exact) mass is 295 g/mol. The van der Waals surface area contributed by atoms with Gasteiger partial charge in [0.1, 0.15) is 0 Å². The normalized spacial score (nSPS) is 10.8. The van der Waals surface area contributed by atoms with Gasteiger partial charge in [0.25, 0.3) is 5.69 Å². The van der Waals surface area contributed by atoms with Crippen LogP contribution in [0.2, 0.25) is 0 Å². The summed E-state index contributed by atoms with van der Waals surface area (Å²) < 4.78 is 0. The summed E-state index contributed by atoms with van der Waals surface area (Å²) in [4.78, 5) is 14.4. The van der Waals surface area contributed by atoms with Gasteiger partial charge in [0.05, 0.1) is 22.9 Å². The number of anilines is 1. The molecule has 0 fully saturated rings. The minimum Gasteiger partial charge on any atom is -0.395 e. The van der Waals surface area contributed by atoms with Crippen LogP contribution in [-0.4, -0.2) is 34.6 Å². The van der Waals surface area contributed by atoms with Gasteiger partial charge in [0.2, 0.25) is 0 Å². The predicted octanol–water partition coefficient (Wildman–Crippen LogP) is 1.42. The summed E-state index contributed by atoms with van der Waals surface area (Å²) in [5.74, 6) is 0. The van der Waals surface area contributed by atoms with E-state index in [1.54, 1.807) is 12.4 Å². The minimum atomic E-state index is -0.522. The van der Waals surface area contributed by atoms with E-state index in [-0.39, 0.29) is 12.3 Å². The van der Waals surface area contributed by atoms with Gasteiger partial charge in [-0.25, -0.2) is 4.99 Å². The minimum absolute atomic E-state index is 0.0774. The SMILES string of the molecule is CSC(=Nc1cc([N+](=O)[O-])ccc1NCCO)NC#N. The van der Waals surface area contributed by atoms with Crippen molar-refractivity contribution in [3.63, 3.8) is 0 Å². The number of nitriles is 1. The predicted molar refractivity (Wildman–Crippen MR) is 78.0 cm³/mol. The molecule has 0 heterocycles. The molecule has 1 aromatic carbocycles. The van der Waals surface area contributed by atoms with Gasteiger partial charge in [-0.2, -0.15) is 5.26 Å². The Morgan fingerprint density at radius 1 is 1.65 bits per heavy atom. The van der Waals surface area contributed by atoms with Crippen LogP contribution >= 0.6 is 11.8 Å². The van der Waals surface area contributed by atoms with Crippen molar-refractivity contribution < 1.29 is 10.0 Å². The number of amidine groups is 1. The van der Waals surface area contributed by atoms with Gasteiger partial charge in [-0.3, -0.25) is 15.4 Å². The molecule has 0 bridgehead atoms. The maximum Gasteiger partial charge on any atom is 0.271 e. The Bertz CT molecular complexity index is 555. The first kappa shape index (κ1) is 15.7. The van der Waals surface area contributed by atoms with E-state index in [4.69, 9.17) is 10.4 Å². The van der Waals surface area contributed by atoms with Crippen LogP contribution < -0.4 is 10.6 Å². The number of hydrogen-bond acceptors (Lipinski definition) is 7. The van der Waals surface area contributed by atoms with Gasteiger partial charge in [0, 0.05) is 18.7 Å². The number of benzene rings is 1. The van der Waals surface area contributed by atoms with Crippen molar-refractivity contribution in [2.75, 3.05) is 24.7 Å². The van der Waals surface area contributed by atoms with Crippen LogP contribution in [0.1, 0.15) is 0 Å². The van der Waals surface area contributed by atoms with E-state index in [0.29, 0.717) is 23.1 Å². The summed E-state index contributed by atoms with van der Waals surface area (Å²) in [7, 11) is 0. The van der Waals surface area contributed by atoms with Gasteiger partial charge in [0.15, 0.2) is 11.4 Å². The van der Waals surface area contributed by atoms with Gasteiger partial charge < -0.3 is 10.4 Å². The van der Waals surface area contributed by atoms with E-state index in [2.05, 4.69) is 15.6 Å². The lowest BCUT2D eigenvalue weighted by atomic mass is 10.2. The van der Waals surface area contributed by atoms with Crippen LogP contribution in [0.25, 0.3) is 0 Å². The summed E-state index contributed by atoms with van der Waals surface area (Å²) >= 11 is 1.21. The molecule has 9 heteroatoms. The van der Waals surface area contributed by atoms with Crippen molar-refractivity contribution in [3.8, 4) is 6.19 Å². The Morgan fingerprint density at radius 3 is 2.95 bits per heavy atom. The zero-order valence-electron chi connectivity index (χ0n) is 10.7. The largest absolute Gasteiger partial charge is 0.395 e. The fourth-order valence-electron chi connectivity index (χ4n) is 1.35. The van der Waals surface area contributed by atoms with Gasteiger partial charge in [-0.05, 0) is 12.3 Å². The molecule has 0 aliphatic carbocycles. The molecular formula is C11H13N5O3S. The Labute approximate surface area is 119 Å². The first-order valence-corrected chi connectivity index (χ1v) is 6.75. The molecule has 0 spiro atoms. The van der Waals surface area contributed by atoms with Crippen molar-refractivity contribution >= 4 is 34.0 Å². The lowest BCUT2D eigenvalue weighted by molar-refractivity contribution is -0.384. The molecule has 1 aromatic rings. The molecule has 0 saturated heterocycles. The molecular weight excluding hydrogens is 282 g/mol. The highest BCUT2D eigenvalue weighted by molar-refractivity contribution is 8.13. The Hall–Kier alpha value is -2.31. The van der Waals surface area contributed by atoms with E-state index in [0.717, 1.165) is 0 Å². The third-order valence-corrected chi connectivity index (χ3v) is 2.78. The molecule has 0 atom stereocenters. The second kappa shape index (κ2) is 7.98. The highest BCUT2D eigenvalue weighted by atomic mass is 32.2. The first-order chi connectivity index (χ1) is 9.62. The van der Waals surface area contributed by atoms with Crippen LogP contribution in [0.3, 0.4) is 0 Å². The Kier molecular flexibility index (Phi) is 6.28. The molecule has 8 nitrogen and oxygen atoms in total. The van der Waals surface area contributed by atoms with Gasteiger partial charge >= 0.3 is 0 Å². The third kappa shape index (κ3) is 4.42. The standard InChI is InChI=1S/C11H13N5O3S/c1-20-11(14-7-12)15-10-6-8(16(18)19)2-3-9(10)13-4-5-17/h2-3,6,13,17H,4-5H2,1H3,(H,14,15). The molecule has 0 aliphatic heterocycles. The number of aliphatic hydroxyl groups is 1. The lowest BCUT2D eigenvalue weighted by Crippen LogP contribution is -2.13. The van der Waals surface area contributed by atoms with Crippen LogP contribution in [0.4, 0.5) is 17.1 Å².